The molecule has 0 saturated heterocycles. The van der Waals surface area contributed by atoms with Crippen LogP contribution in [0.25, 0.3) is 0 Å². The van der Waals surface area contributed by atoms with Crippen LogP contribution in [0.4, 0.5) is 0 Å². The summed E-state index contributed by atoms with van der Waals surface area (Å²) >= 11 is 0. The van der Waals surface area contributed by atoms with Crippen LogP contribution in [0.2, 0.25) is 0 Å². The quantitative estimate of drug-likeness (QED) is 0.792. The van der Waals surface area contributed by atoms with Crippen molar-refractivity contribution in [3.05, 3.63) is 0 Å². The molecule has 0 aromatic rings. The first-order valence-electron chi connectivity index (χ1n) is 7.25. The molecule has 0 aliphatic heterocycles. The molecule has 2 atom stereocenters. The Bertz CT molecular complexity index is 276. The first-order valence-corrected chi connectivity index (χ1v) is 7.25. The van der Waals surface area contributed by atoms with Crippen molar-refractivity contribution in [1.82, 2.24) is 4.90 Å². The fourth-order valence-corrected chi connectivity index (χ4v) is 2.75. The Morgan fingerprint density at radius 3 is 2.67 bits per heavy atom. The molecule has 0 aromatic carbocycles. The van der Waals surface area contributed by atoms with E-state index in [4.69, 9.17) is 0 Å². The first-order chi connectivity index (χ1) is 8.40. The number of Topliss-reactive ketones (excluding diaryl/α,β-unsaturated/α-hetero) is 1. The fourth-order valence-electron chi connectivity index (χ4n) is 2.75. The van der Waals surface area contributed by atoms with Gasteiger partial charge in [-0.25, -0.2) is 0 Å². The summed E-state index contributed by atoms with van der Waals surface area (Å²) < 4.78 is 0. The van der Waals surface area contributed by atoms with E-state index in [-0.39, 0.29) is 18.1 Å². The maximum absolute atomic E-state index is 12.0. The zero-order chi connectivity index (χ0) is 13.8. The van der Waals surface area contributed by atoms with Crippen molar-refractivity contribution in [3.63, 3.8) is 0 Å². The fraction of sp³-hybridized carbons (Fsp3) is 0.933. The van der Waals surface area contributed by atoms with E-state index in [0.717, 1.165) is 31.7 Å². The minimum Gasteiger partial charge on any atom is -0.394 e. The molecule has 0 bridgehead atoms. The summed E-state index contributed by atoms with van der Waals surface area (Å²) in [6.07, 6.45) is 5.33. The maximum Gasteiger partial charge on any atom is 0.137 e. The standard InChI is InChI=1S/C15H29NO2/c1-5-6-12-7-8-14(18)13(9-12)10-16(4)15(2,3)11-17/h12-13,17H,5-11H2,1-4H3. The number of nitrogens with zero attached hydrogens (tertiary/aromatic N) is 1. The summed E-state index contributed by atoms with van der Waals surface area (Å²) in [5.74, 6) is 1.32. The van der Waals surface area contributed by atoms with Gasteiger partial charge in [0.1, 0.15) is 5.78 Å². The van der Waals surface area contributed by atoms with Gasteiger partial charge in [0.2, 0.25) is 0 Å². The predicted octanol–water partition coefficient (Wildman–Crippen LogP) is 2.47. The van der Waals surface area contributed by atoms with Crippen molar-refractivity contribution in [3.8, 4) is 0 Å². The summed E-state index contributed by atoms with van der Waals surface area (Å²) in [5.41, 5.74) is -0.238. The molecule has 0 spiro atoms. The van der Waals surface area contributed by atoms with Crippen LogP contribution in [0.5, 0.6) is 0 Å². The molecule has 1 aliphatic rings. The van der Waals surface area contributed by atoms with E-state index < -0.39 is 0 Å². The van der Waals surface area contributed by atoms with Crippen LogP contribution < -0.4 is 0 Å². The maximum atomic E-state index is 12.0. The van der Waals surface area contributed by atoms with E-state index in [1.54, 1.807) is 0 Å². The monoisotopic (exact) mass is 255 g/mol. The molecule has 3 nitrogen and oxygen atoms in total. The van der Waals surface area contributed by atoms with Crippen LogP contribution in [0.1, 0.15) is 52.9 Å². The van der Waals surface area contributed by atoms with E-state index in [2.05, 4.69) is 11.8 Å². The van der Waals surface area contributed by atoms with Crippen LogP contribution >= 0.6 is 0 Å². The van der Waals surface area contributed by atoms with Crippen LogP contribution in [0.15, 0.2) is 0 Å². The van der Waals surface area contributed by atoms with E-state index in [1.165, 1.54) is 12.8 Å². The Labute approximate surface area is 112 Å². The van der Waals surface area contributed by atoms with Crippen molar-refractivity contribution >= 4 is 5.78 Å². The number of ketones is 1. The molecule has 1 N–H and O–H groups in total. The highest BCUT2D eigenvalue weighted by Gasteiger charge is 2.32. The topological polar surface area (TPSA) is 40.5 Å². The molecule has 1 fully saturated rings. The zero-order valence-electron chi connectivity index (χ0n) is 12.4. The number of hydrogen-bond donors (Lipinski definition) is 1. The van der Waals surface area contributed by atoms with Gasteiger partial charge in [-0.05, 0) is 39.7 Å². The second kappa shape index (κ2) is 6.67. The summed E-state index contributed by atoms with van der Waals surface area (Å²) in [5, 5.41) is 9.37. The Balaban J connectivity index is 2.55. The van der Waals surface area contributed by atoms with Gasteiger partial charge in [0.25, 0.3) is 0 Å². The first kappa shape index (κ1) is 15.6. The van der Waals surface area contributed by atoms with Gasteiger partial charge in [0, 0.05) is 24.4 Å². The van der Waals surface area contributed by atoms with Crippen LogP contribution in [0.3, 0.4) is 0 Å². The summed E-state index contributed by atoms with van der Waals surface area (Å²) in [6.45, 7) is 7.16. The normalized spacial score (nSPS) is 25.8. The van der Waals surface area contributed by atoms with Crippen LogP contribution in [-0.4, -0.2) is 41.5 Å². The number of carbonyl (C=O) groups is 1. The average molecular weight is 255 g/mol. The third kappa shape index (κ3) is 4.06. The van der Waals surface area contributed by atoms with Gasteiger partial charge in [-0.2, -0.15) is 0 Å². The van der Waals surface area contributed by atoms with E-state index in [9.17, 15) is 9.90 Å². The minimum absolute atomic E-state index is 0.128. The van der Waals surface area contributed by atoms with Gasteiger partial charge in [0.05, 0.1) is 6.61 Å². The molecule has 2 unspecified atom stereocenters. The van der Waals surface area contributed by atoms with Gasteiger partial charge in [-0.1, -0.05) is 19.8 Å². The molecular weight excluding hydrogens is 226 g/mol. The van der Waals surface area contributed by atoms with E-state index in [1.807, 2.05) is 20.9 Å². The average Bonchev–Trinajstić information content (AvgIpc) is 2.33. The lowest BCUT2D eigenvalue weighted by molar-refractivity contribution is -0.127. The van der Waals surface area contributed by atoms with Crippen LogP contribution in [-0.2, 0) is 4.79 Å². The highest BCUT2D eigenvalue weighted by Crippen LogP contribution is 2.31. The summed E-state index contributed by atoms with van der Waals surface area (Å²) in [6, 6.07) is 0. The summed E-state index contributed by atoms with van der Waals surface area (Å²) in [7, 11) is 2.01. The molecular formula is C15H29NO2. The van der Waals surface area contributed by atoms with Gasteiger partial charge >= 0.3 is 0 Å². The van der Waals surface area contributed by atoms with Crippen LogP contribution in [0, 0.1) is 11.8 Å². The number of aliphatic hydroxyl groups excluding tert-OH is 1. The van der Waals surface area contributed by atoms with E-state index in [0.29, 0.717) is 5.78 Å². The number of likely N-dealkylation sites (N-methyl/N-ethyl adjacent to an activating group) is 1. The SMILES string of the molecule is CCCC1CCC(=O)C(CN(C)C(C)(C)CO)C1. The number of rotatable bonds is 6. The number of aliphatic hydroxyl groups is 1. The van der Waals surface area contributed by atoms with Crippen molar-refractivity contribution in [2.75, 3.05) is 20.2 Å². The van der Waals surface area contributed by atoms with Crippen molar-refractivity contribution in [2.24, 2.45) is 11.8 Å². The molecule has 1 rings (SSSR count). The Morgan fingerprint density at radius 1 is 1.44 bits per heavy atom. The Morgan fingerprint density at radius 2 is 2.11 bits per heavy atom. The van der Waals surface area contributed by atoms with Gasteiger partial charge in [-0.15, -0.1) is 0 Å². The molecule has 0 radical (unpaired) electrons. The third-order valence-electron chi connectivity index (χ3n) is 4.48. The van der Waals surface area contributed by atoms with Gasteiger partial charge < -0.3 is 5.11 Å². The van der Waals surface area contributed by atoms with Crippen molar-refractivity contribution in [2.45, 2.75) is 58.4 Å². The lowest BCUT2D eigenvalue weighted by Gasteiger charge is -2.38. The number of carbonyl (C=O) groups excluding carboxylic acids is 1. The van der Waals surface area contributed by atoms with Gasteiger partial charge in [0.15, 0.2) is 0 Å². The lowest BCUT2D eigenvalue weighted by atomic mass is 9.78. The highest BCUT2D eigenvalue weighted by atomic mass is 16.3. The second-order valence-corrected chi connectivity index (χ2v) is 6.44. The molecule has 0 amide bonds. The molecule has 1 aliphatic carbocycles. The zero-order valence-corrected chi connectivity index (χ0v) is 12.4. The smallest absolute Gasteiger partial charge is 0.137 e. The molecule has 1 saturated carbocycles. The third-order valence-corrected chi connectivity index (χ3v) is 4.48. The second-order valence-electron chi connectivity index (χ2n) is 6.44. The molecule has 106 valence electrons. The minimum atomic E-state index is -0.238. The lowest BCUT2D eigenvalue weighted by Crippen LogP contribution is -2.48. The van der Waals surface area contributed by atoms with Crippen molar-refractivity contribution < 1.29 is 9.90 Å². The van der Waals surface area contributed by atoms with Gasteiger partial charge in [-0.3, -0.25) is 9.69 Å². The van der Waals surface area contributed by atoms with E-state index >= 15 is 0 Å². The predicted molar refractivity (Wildman–Crippen MR) is 74.5 cm³/mol. The molecule has 18 heavy (non-hydrogen) atoms. The Hall–Kier alpha value is -0.410. The Kier molecular flexibility index (Phi) is 5.80. The summed E-state index contributed by atoms with van der Waals surface area (Å²) in [4.78, 5) is 14.1. The molecule has 3 heteroatoms. The molecule has 0 aromatic heterocycles. The number of hydrogen-bond acceptors (Lipinski definition) is 3. The van der Waals surface area contributed by atoms with Crippen molar-refractivity contribution in [1.29, 1.82) is 0 Å². The largest absolute Gasteiger partial charge is 0.394 e. The highest BCUT2D eigenvalue weighted by molar-refractivity contribution is 5.81. The molecule has 0 heterocycles.